The molecular formula is C12H26O. The highest BCUT2D eigenvalue weighted by atomic mass is 16.2. The fraction of sp³-hybridized carbons (Fsp3) is 1.00. The number of aliphatic hydroxyl groups is 1. The van der Waals surface area contributed by atoms with Gasteiger partial charge in [-0.1, -0.05) is 34.1 Å². The lowest BCUT2D eigenvalue weighted by atomic mass is 9.84. The lowest BCUT2D eigenvalue weighted by Crippen LogP contribution is -2.09. The monoisotopic (exact) mass is 186 g/mol. The molecule has 1 heteroatoms. The fourth-order valence-corrected chi connectivity index (χ4v) is 1.57. The van der Waals surface area contributed by atoms with Crippen molar-refractivity contribution in [2.75, 3.05) is 6.61 Å². The van der Waals surface area contributed by atoms with E-state index in [0.717, 1.165) is 12.3 Å². The van der Waals surface area contributed by atoms with E-state index in [0.29, 0.717) is 12.0 Å². The molecule has 1 atom stereocenters. The third-order valence-corrected chi connectivity index (χ3v) is 2.65. The molecule has 0 amide bonds. The minimum Gasteiger partial charge on any atom is -0.396 e. The van der Waals surface area contributed by atoms with Crippen LogP contribution in [0.15, 0.2) is 0 Å². The fourth-order valence-electron chi connectivity index (χ4n) is 1.57. The molecule has 0 aliphatic rings. The van der Waals surface area contributed by atoms with Gasteiger partial charge in [-0.2, -0.15) is 0 Å². The Balaban J connectivity index is 3.59. The van der Waals surface area contributed by atoms with Gasteiger partial charge in [0, 0.05) is 6.61 Å². The first kappa shape index (κ1) is 13.0. The van der Waals surface area contributed by atoms with E-state index in [4.69, 9.17) is 5.11 Å². The topological polar surface area (TPSA) is 20.2 Å². The first-order valence-electron chi connectivity index (χ1n) is 5.60. The summed E-state index contributed by atoms with van der Waals surface area (Å²) in [6.45, 7) is 9.50. The lowest BCUT2D eigenvalue weighted by Gasteiger charge is -2.22. The number of aliphatic hydroxyl groups excluding tert-OH is 1. The van der Waals surface area contributed by atoms with Gasteiger partial charge in [-0.3, -0.25) is 0 Å². The highest BCUT2D eigenvalue weighted by Crippen LogP contribution is 2.26. The van der Waals surface area contributed by atoms with Gasteiger partial charge in [0.1, 0.15) is 0 Å². The zero-order valence-electron chi connectivity index (χ0n) is 9.77. The second-order valence-electron chi connectivity index (χ2n) is 5.24. The molecule has 0 heterocycles. The van der Waals surface area contributed by atoms with Crippen molar-refractivity contribution in [1.82, 2.24) is 0 Å². The molecule has 0 spiro atoms. The van der Waals surface area contributed by atoms with Gasteiger partial charge >= 0.3 is 0 Å². The molecule has 0 unspecified atom stereocenters. The molecule has 0 fully saturated rings. The Labute approximate surface area is 83.5 Å². The molecule has 0 aromatic carbocycles. The molecule has 1 N–H and O–H groups in total. The van der Waals surface area contributed by atoms with Crippen LogP contribution in [0.3, 0.4) is 0 Å². The summed E-state index contributed by atoms with van der Waals surface area (Å²) in [6.07, 6.45) is 6.05. The van der Waals surface area contributed by atoms with Gasteiger partial charge in [0.15, 0.2) is 0 Å². The summed E-state index contributed by atoms with van der Waals surface area (Å²) in [5.74, 6) is 0.825. The van der Waals surface area contributed by atoms with Crippen LogP contribution in [0.4, 0.5) is 0 Å². The van der Waals surface area contributed by atoms with Crippen molar-refractivity contribution in [2.45, 2.75) is 59.8 Å². The molecule has 1 nitrogen and oxygen atoms in total. The summed E-state index contributed by atoms with van der Waals surface area (Å²) in [7, 11) is 0. The first-order chi connectivity index (χ1) is 5.99. The van der Waals surface area contributed by atoms with Crippen LogP contribution in [0.1, 0.15) is 59.8 Å². The molecule has 0 bridgehead atoms. The highest BCUT2D eigenvalue weighted by Gasteiger charge is 2.13. The van der Waals surface area contributed by atoms with E-state index in [2.05, 4.69) is 27.7 Å². The van der Waals surface area contributed by atoms with Crippen LogP contribution in [0.5, 0.6) is 0 Å². The Bertz CT molecular complexity index is 113. The molecule has 0 aliphatic carbocycles. The average molecular weight is 186 g/mol. The van der Waals surface area contributed by atoms with Gasteiger partial charge in [-0.15, -0.1) is 0 Å². The van der Waals surface area contributed by atoms with Crippen LogP contribution in [0.25, 0.3) is 0 Å². The van der Waals surface area contributed by atoms with E-state index in [-0.39, 0.29) is 0 Å². The van der Waals surface area contributed by atoms with Crippen molar-refractivity contribution in [3.63, 3.8) is 0 Å². The van der Waals surface area contributed by atoms with Gasteiger partial charge in [0.2, 0.25) is 0 Å². The zero-order valence-corrected chi connectivity index (χ0v) is 9.77. The third kappa shape index (κ3) is 8.29. The summed E-state index contributed by atoms with van der Waals surface area (Å²) < 4.78 is 0. The van der Waals surface area contributed by atoms with E-state index in [1.807, 2.05) is 0 Å². The van der Waals surface area contributed by atoms with Gasteiger partial charge in [-0.05, 0) is 37.0 Å². The van der Waals surface area contributed by atoms with E-state index < -0.39 is 0 Å². The van der Waals surface area contributed by atoms with E-state index in [9.17, 15) is 0 Å². The molecule has 0 aromatic heterocycles. The summed E-state index contributed by atoms with van der Waals surface area (Å²) in [6, 6.07) is 0. The van der Waals surface area contributed by atoms with Crippen molar-refractivity contribution in [3.8, 4) is 0 Å². The number of hydrogen-bond donors (Lipinski definition) is 1. The molecular weight excluding hydrogens is 160 g/mol. The van der Waals surface area contributed by atoms with Crippen LogP contribution in [-0.2, 0) is 0 Å². The molecule has 0 rings (SSSR count). The van der Waals surface area contributed by atoms with Crippen LogP contribution in [0, 0.1) is 11.3 Å². The number of hydrogen-bond acceptors (Lipinski definition) is 1. The predicted octanol–water partition coefficient (Wildman–Crippen LogP) is 3.61. The SMILES string of the molecule is CC[C@@H](CCCO)CCC(C)(C)C. The largest absolute Gasteiger partial charge is 0.396 e. The maximum Gasteiger partial charge on any atom is 0.0431 e. The zero-order chi connectivity index (χ0) is 10.3. The summed E-state index contributed by atoms with van der Waals surface area (Å²) in [5, 5.41) is 8.74. The molecule has 0 saturated carbocycles. The van der Waals surface area contributed by atoms with Crippen LogP contribution in [-0.4, -0.2) is 11.7 Å². The summed E-state index contributed by atoms with van der Waals surface area (Å²) in [4.78, 5) is 0. The Morgan fingerprint density at radius 2 is 1.77 bits per heavy atom. The third-order valence-electron chi connectivity index (χ3n) is 2.65. The quantitative estimate of drug-likeness (QED) is 0.672. The Hall–Kier alpha value is -0.0400. The molecule has 0 radical (unpaired) electrons. The predicted molar refractivity (Wildman–Crippen MR) is 58.8 cm³/mol. The molecule has 80 valence electrons. The van der Waals surface area contributed by atoms with Crippen molar-refractivity contribution in [1.29, 1.82) is 0 Å². The summed E-state index contributed by atoms with van der Waals surface area (Å²) >= 11 is 0. The van der Waals surface area contributed by atoms with E-state index in [1.165, 1.54) is 25.7 Å². The minimum atomic E-state index is 0.353. The van der Waals surface area contributed by atoms with Crippen molar-refractivity contribution >= 4 is 0 Å². The molecule has 0 aromatic rings. The normalized spacial score (nSPS) is 14.5. The van der Waals surface area contributed by atoms with Crippen LogP contribution < -0.4 is 0 Å². The smallest absolute Gasteiger partial charge is 0.0431 e. The Kier molecular flexibility index (Phi) is 6.40. The van der Waals surface area contributed by atoms with Crippen molar-refractivity contribution < 1.29 is 5.11 Å². The Morgan fingerprint density at radius 3 is 2.15 bits per heavy atom. The van der Waals surface area contributed by atoms with Crippen molar-refractivity contribution in [3.05, 3.63) is 0 Å². The molecule has 0 aliphatic heterocycles. The lowest BCUT2D eigenvalue weighted by molar-refractivity contribution is 0.254. The first-order valence-corrected chi connectivity index (χ1v) is 5.60. The standard InChI is InChI=1S/C12H26O/c1-5-11(7-6-10-13)8-9-12(2,3)4/h11,13H,5-10H2,1-4H3/t11-/m0/s1. The van der Waals surface area contributed by atoms with E-state index >= 15 is 0 Å². The second-order valence-corrected chi connectivity index (χ2v) is 5.24. The van der Waals surface area contributed by atoms with Gasteiger partial charge < -0.3 is 5.11 Å². The maximum atomic E-state index is 8.74. The van der Waals surface area contributed by atoms with Gasteiger partial charge in [0.25, 0.3) is 0 Å². The minimum absolute atomic E-state index is 0.353. The number of rotatable bonds is 6. The van der Waals surface area contributed by atoms with Gasteiger partial charge in [0.05, 0.1) is 0 Å². The Morgan fingerprint density at radius 1 is 1.15 bits per heavy atom. The van der Waals surface area contributed by atoms with Crippen molar-refractivity contribution in [2.24, 2.45) is 11.3 Å². The van der Waals surface area contributed by atoms with Crippen LogP contribution >= 0.6 is 0 Å². The van der Waals surface area contributed by atoms with E-state index in [1.54, 1.807) is 0 Å². The molecule has 0 saturated heterocycles. The maximum absolute atomic E-state index is 8.74. The van der Waals surface area contributed by atoms with Gasteiger partial charge in [-0.25, -0.2) is 0 Å². The average Bonchev–Trinajstić information content (AvgIpc) is 2.03. The van der Waals surface area contributed by atoms with Crippen LogP contribution in [0.2, 0.25) is 0 Å². The molecule has 13 heavy (non-hydrogen) atoms. The summed E-state index contributed by atoms with van der Waals surface area (Å²) in [5.41, 5.74) is 0.465. The highest BCUT2D eigenvalue weighted by molar-refractivity contribution is 4.65. The second kappa shape index (κ2) is 6.42.